The predicted octanol–water partition coefficient (Wildman–Crippen LogP) is 3.95. The smallest absolute Gasteiger partial charge is 0.0626 e. The van der Waals surface area contributed by atoms with E-state index in [1.807, 2.05) is 0 Å². The Kier molecular flexibility index (Phi) is 2.30. The number of nitrogens with zero attached hydrogens (tertiary/aromatic N) is 2. The molecular formula is C19H20N2. The third kappa shape index (κ3) is 1.68. The predicted molar refractivity (Wildman–Crippen MR) is 86.3 cm³/mol. The standard InChI is InChI=1S/C19H20N2/c1-12-18-11-16-5-4-15-10-14(13-2-3-13)6-7-17(15)19(16)21(18)9-8-20-12/h6-7,10-11,13H,2-5,8-9H2,1H3. The van der Waals surface area contributed by atoms with E-state index < -0.39 is 0 Å². The summed E-state index contributed by atoms with van der Waals surface area (Å²) in [6.45, 7) is 4.11. The van der Waals surface area contributed by atoms with Crippen LogP contribution in [0.4, 0.5) is 0 Å². The van der Waals surface area contributed by atoms with Crippen LogP contribution in [0.15, 0.2) is 29.3 Å². The highest BCUT2D eigenvalue weighted by Crippen LogP contribution is 2.43. The molecule has 1 aromatic heterocycles. The third-order valence-electron chi connectivity index (χ3n) is 5.32. The Labute approximate surface area is 125 Å². The zero-order chi connectivity index (χ0) is 14.0. The van der Waals surface area contributed by atoms with Crippen molar-refractivity contribution >= 4 is 5.71 Å². The molecule has 0 unspecified atom stereocenters. The van der Waals surface area contributed by atoms with Gasteiger partial charge < -0.3 is 4.57 Å². The highest BCUT2D eigenvalue weighted by Gasteiger charge is 2.28. The van der Waals surface area contributed by atoms with Crippen LogP contribution in [0.1, 0.15) is 48.1 Å². The van der Waals surface area contributed by atoms with Gasteiger partial charge in [0, 0.05) is 12.1 Å². The molecule has 21 heavy (non-hydrogen) atoms. The number of aromatic nitrogens is 1. The molecule has 2 heterocycles. The van der Waals surface area contributed by atoms with Crippen LogP contribution >= 0.6 is 0 Å². The Morgan fingerprint density at radius 3 is 2.81 bits per heavy atom. The van der Waals surface area contributed by atoms with Crippen molar-refractivity contribution in [1.29, 1.82) is 0 Å². The van der Waals surface area contributed by atoms with E-state index in [-0.39, 0.29) is 0 Å². The Hall–Kier alpha value is -1.83. The fraction of sp³-hybridized carbons (Fsp3) is 0.421. The fourth-order valence-electron chi connectivity index (χ4n) is 4.04. The molecule has 2 nitrogen and oxygen atoms in total. The highest BCUT2D eigenvalue weighted by atomic mass is 15.1. The van der Waals surface area contributed by atoms with Gasteiger partial charge in [0.2, 0.25) is 0 Å². The van der Waals surface area contributed by atoms with Crippen LogP contribution in [-0.2, 0) is 19.4 Å². The van der Waals surface area contributed by atoms with Gasteiger partial charge in [-0.15, -0.1) is 0 Å². The highest BCUT2D eigenvalue weighted by molar-refractivity contribution is 5.99. The van der Waals surface area contributed by atoms with E-state index in [1.165, 1.54) is 53.9 Å². The molecule has 0 N–H and O–H groups in total. The van der Waals surface area contributed by atoms with Gasteiger partial charge in [-0.3, -0.25) is 4.99 Å². The maximum absolute atomic E-state index is 4.61. The van der Waals surface area contributed by atoms with Gasteiger partial charge in [-0.05, 0) is 61.3 Å². The van der Waals surface area contributed by atoms with Crippen molar-refractivity contribution in [2.75, 3.05) is 6.54 Å². The molecule has 2 aliphatic carbocycles. The largest absolute Gasteiger partial charge is 0.337 e. The average molecular weight is 276 g/mol. The molecule has 0 spiro atoms. The average Bonchev–Trinajstić information content (AvgIpc) is 3.28. The molecule has 106 valence electrons. The van der Waals surface area contributed by atoms with E-state index in [1.54, 1.807) is 11.1 Å². The van der Waals surface area contributed by atoms with Gasteiger partial charge in [0.1, 0.15) is 0 Å². The topological polar surface area (TPSA) is 17.3 Å². The summed E-state index contributed by atoms with van der Waals surface area (Å²) >= 11 is 0. The van der Waals surface area contributed by atoms with Crippen molar-refractivity contribution in [1.82, 2.24) is 4.57 Å². The van der Waals surface area contributed by atoms with Gasteiger partial charge in [0.25, 0.3) is 0 Å². The van der Waals surface area contributed by atoms with Gasteiger partial charge in [0.15, 0.2) is 0 Å². The minimum atomic E-state index is 0.854. The van der Waals surface area contributed by atoms with Gasteiger partial charge in [0.05, 0.1) is 23.6 Å². The van der Waals surface area contributed by atoms with E-state index in [0.29, 0.717) is 0 Å². The number of hydrogen-bond donors (Lipinski definition) is 0. The second-order valence-corrected chi connectivity index (χ2v) is 6.71. The molecule has 1 aliphatic heterocycles. The van der Waals surface area contributed by atoms with Gasteiger partial charge >= 0.3 is 0 Å². The lowest BCUT2D eigenvalue weighted by atomic mass is 9.88. The van der Waals surface area contributed by atoms with Crippen LogP contribution in [0.5, 0.6) is 0 Å². The molecule has 1 aromatic carbocycles. The Balaban J connectivity index is 1.70. The summed E-state index contributed by atoms with van der Waals surface area (Å²) in [6, 6.07) is 9.62. The summed E-state index contributed by atoms with van der Waals surface area (Å²) < 4.78 is 2.51. The van der Waals surface area contributed by atoms with E-state index in [2.05, 4.69) is 40.7 Å². The lowest BCUT2D eigenvalue weighted by Crippen LogP contribution is -2.17. The molecule has 0 atom stereocenters. The summed E-state index contributed by atoms with van der Waals surface area (Å²) in [5.74, 6) is 0.854. The summed E-state index contributed by atoms with van der Waals surface area (Å²) in [4.78, 5) is 4.61. The number of fused-ring (bicyclic) bond motifs is 5. The normalized spacial score (nSPS) is 19.6. The van der Waals surface area contributed by atoms with E-state index in [9.17, 15) is 0 Å². The molecule has 0 bridgehead atoms. The fourth-order valence-corrected chi connectivity index (χ4v) is 4.04. The summed E-state index contributed by atoms with van der Waals surface area (Å²) in [7, 11) is 0. The molecule has 0 radical (unpaired) electrons. The number of hydrogen-bond acceptors (Lipinski definition) is 1. The van der Waals surface area contributed by atoms with Crippen molar-refractivity contribution in [2.45, 2.75) is 45.1 Å². The van der Waals surface area contributed by atoms with Gasteiger partial charge in [-0.25, -0.2) is 0 Å². The first kappa shape index (κ1) is 11.8. The van der Waals surface area contributed by atoms with E-state index in [0.717, 1.165) is 19.0 Å². The molecule has 1 saturated carbocycles. The zero-order valence-corrected chi connectivity index (χ0v) is 12.5. The van der Waals surface area contributed by atoms with Crippen molar-refractivity contribution in [3.8, 4) is 11.3 Å². The van der Waals surface area contributed by atoms with Crippen molar-refractivity contribution < 1.29 is 0 Å². The number of rotatable bonds is 1. The SMILES string of the molecule is CC1=NCCn2c1cc1c2-c2ccc(C3CC3)cc2CC1. The first-order chi connectivity index (χ1) is 10.3. The minimum Gasteiger partial charge on any atom is -0.337 e. The Bertz CT molecular complexity index is 775. The maximum atomic E-state index is 4.61. The van der Waals surface area contributed by atoms with Crippen LogP contribution in [0.3, 0.4) is 0 Å². The van der Waals surface area contributed by atoms with Crippen LogP contribution in [0.25, 0.3) is 11.3 Å². The molecule has 1 fully saturated rings. The Morgan fingerprint density at radius 1 is 1.10 bits per heavy atom. The van der Waals surface area contributed by atoms with Crippen molar-refractivity contribution in [3.63, 3.8) is 0 Å². The quantitative estimate of drug-likeness (QED) is 0.750. The number of aryl methyl sites for hydroxylation is 2. The first-order valence-corrected chi connectivity index (χ1v) is 8.18. The molecule has 3 aliphatic rings. The lowest BCUT2D eigenvalue weighted by Gasteiger charge is -2.22. The maximum Gasteiger partial charge on any atom is 0.0626 e. The van der Waals surface area contributed by atoms with E-state index >= 15 is 0 Å². The molecular weight excluding hydrogens is 256 g/mol. The van der Waals surface area contributed by atoms with Crippen LogP contribution in [-0.4, -0.2) is 16.8 Å². The monoisotopic (exact) mass is 276 g/mol. The number of benzene rings is 1. The van der Waals surface area contributed by atoms with Crippen molar-refractivity contribution in [2.24, 2.45) is 4.99 Å². The van der Waals surface area contributed by atoms with E-state index in [4.69, 9.17) is 0 Å². The number of aliphatic imine (C=N–C) groups is 1. The zero-order valence-electron chi connectivity index (χ0n) is 12.5. The molecule has 0 saturated heterocycles. The molecule has 2 heteroatoms. The van der Waals surface area contributed by atoms with Crippen LogP contribution < -0.4 is 0 Å². The van der Waals surface area contributed by atoms with Crippen molar-refractivity contribution in [3.05, 3.63) is 46.6 Å². The first-order valence-electron chi connectivity index (χ1n) is 8.18. The molecule has 2 aromatic rings. The van der Waals surface area contributed by atoms with Crippen LogP contribution in [0.2, 0.25) is 0 Å². The second-order valence-electron chi connectivity index (χ2n) is 6.71. The van der Waals surface area contributed by atoms with Gasteiger partial charge in [-0.2, -0.15) is 0 Å². The van der Waals surface area contributed by atoms with Crippen LogP contribution in [0, 0.1) is 0 Å². The summed E-state index contributed by atoms with van der Waals surface area (Å²) in [5, 5.41) is 0. The Morgan fingerprint density at radius 2 is 1.95 bits per heavy atom. The molecule has 5 rings (SSSR count). The third-order valence-corrected chi connectivity index (χ3v) is 5.32. The second kappa shape index (κ2) is 4.09. The summed E-state index contributed by atoms with van der Waals surface area (Å²) in [5.41, 5.74) is 10.1. The molecule has 0 amide bonds. The minimum absolute atomic E-state index is 0.854. The van der Waals surface area contributed by atoms with Gasteiger partial charge in [-0.1, -0.05) is 18.2 Å². The summed E-state index contributed by atoms with van der Waals surface area (Å²) in [6.07, 6.45) is 5.16. The lowest BCUT2D eigenvalue weighted by molar-refractivity contribution is 0.691.